The molecule has 0 unspecified atom stereocenters. The van der Waals surface area contributed by atoms with Crippen molar-refractivity contribution >= 4 is 29.1 Å². The maximum absolute atomic E-state index is 12.6. The lowest BCUT2D eigenvalue weighted by Gasteiger charge is -2.19. The second-order valence-electron chi connectivity index (χ2n) is 5.72. The summed E-state index contributed by atoms with van der Waals surface area (Å²) in [7, 11) is 1.90. The first-order chi connectivity index (χ1) is 12.0. The number of imidazole rings is 1. The first-order valence-corrected chi connectivity index (χ1v) is 8.55. The molecule has 128 valence electrons. The van der Waals surface area contributed by atoms with E-state index in [1.165, 1.54) is 0 Å². The van der Waals surface area contributed by atoms with Gasteiger partial charge in [0.05, 0.1) is 6.42 Å². The molecule has 3 aromatic rings. The number of aryl methyl sites for hydroxylation is 1. The Morgan fingerprint density at radius 2 is 1.96 bits per heavy atom. The molecular formula is C19H17Cl2N3O. The van der Waals surface area contributed by atoms with Crippen LogP contribution in [-0.2, 0) is 18.3 Å². The van der Waals surface area contributed by atoms with Crippen LogP contribution in [0.4, 0.5) is 0 Å². The molecule has 0 aliphatic rings. The van der Waals surface area contributed by atoms with Crippen LogP contribution in [0.5, 0.6) is 0 Å². The minimum absolute atomic E-state index is 0.138. The molecule has 25 heavy (non-hydrogen) atoms. The zero-order valence-corrected chi connectivity index (χ0v) is 15.1. The highest BCUT2D eigenvalue weighted by Gasteiger charge is 2.21. The highest BCUT2D eigenvalue weighted by Crippen LogP contribution is 2.23. The van der Waals surface area contributed by atoms with Gasteiger partial charge in [0.15, 0.2) is 0 Å². The van der Waals surface area contributed by atoms with Crippen LogP contribution in [0.15, 0.2) is 60.9 Å². The Bertz CT molecular complexity index is 877. The van der Waals surface area contributed by atoms with E-state index in [0.29, 0.717) is 10.0 Å². The minimum atomic E-state index is -0.334. The van der Waals surface area contributed by atoms with Gasteiger partial charge in [-0.1, -0.05) is 59.6 Å². The van der Waals surface area contributed by atoms with Gasteiger partial charge in [-0.25, -0.2) is 4.98 Å². The molecule has 1 atom stereocenters. The van der Waals surface area contributed by atoms with Crippen LogP contribution in [-0.4, -0.2) is 15.5 Å². The van der Waals surface area contributed by atoms with Gasteiger partial charge in [0.25, 0.3) is 0 Å². The molecule has 1 aromatic heterocycles. The quantitative estimate of drug-likeness (QED) is 0.729. The average molecular weight is 374 g/mol. The molecule has 2 aromatic carbocycles. The molecular weight excluding hydrogens is 357 g/mol. The molecule has 0 saturated heterocycles. The maximum atomic E-state index is 12.6. The normalized spacial score (nSPS) is 12.0. The Hall–Kier alpha value is -2.30. The standard InChI is InChI=1S/C19H17Cl2N3O/c1-24-10-9-22-19(24)18(13-5-3-2-4-6-13)23-17(25)11-14-7-8-15(20)12-16(14)21/h2-10,12,18H,11H2,1H3,(H,23,25)/t18-/m1/s1. The molecule has 4 nitrogen and oxygen atoms in total. The van der Waals surface area contributed by atoms with E-state index < -0.39 is 0 Å². The van der Waals surface area contributed by atoms with Gasteiger partial charge >= 0.3 is 0 Å². The van der Waals surface area contributed by atoms with Crippen LogP contribution in [0.25, 0.3) is 0 Å². The SMILES string of the molecule is Cn1ccnc1[C@H](NC(=O)Cc1ccc(Cl)cc1Cl)c1ccccc1. The summed E-state index contributed by atoms with van der Waals surface area (Å²) in [5, 5.41) is 4.08. The topological polar surface area (TPSA) is 46.9 Å². The lowest BCUT2D eigenvalue weighted by molar-refractivity contribution is -0.121. The summed E-state index contributed by atoms with van der Waals surface area (Å²) in [5.41, 5.74) is 1.70. The highest BCUT2D eigenvalue weighted by molar-refractivity contribution is 6.35. The number of rotatable bonds is 5. The van der Waals surface area contributed by atoms with Crippen LogP contribution in [0, 0.1) is 0 Å². The molecule has 3 rings (SSSR count). The number of hydrogen-bond acceptors (Lipinski definition) is 2. The lowest BCUT2D eigenvalue weighted by Crippen LogP contribution is -2.32. The molecule has 1 N–H and O–H groups in total. The molecule has 0 aliphatic heterocycles. The van der Waals surface area contributed by atoms with Gasteiger partial charge in [0, 0.05) is 29.5 Å². The van der Waals surface area contributed by atoms with Gasteiger partial charge in [0.1, 0.15) is 11.9 Å². The van der Waals surface area contributed by atoms with Crippen molar-refractivity contribution in [2.75, 3.05) is 0 Å². The first-order valence-electron chi connectivity index (χ1n) is 7.80. The van der Waals surface area contributed by atoms with Gasteiger partial charge in [-0.05, 0) is 23.3 Å². The monoisotopic (exact) mass is 373 g/mol. The largest absolute Gasteiger partial charge is 0.342 e. The molecule has 6 heteroatoms. The van der Waals surface area contributed by atoms with E-state index >= 15 is 0 Å². The van der Waals surface area contributed by atoms with Crippen molar-refractivity contribution in [1.82, 2.24) is 14.9 Å². The smallest absolute Gasteiger partial charge is 0.225 e. The number of carbonyl (C=O) groups is 1. The van der Waals surface area contributed by atoms with Crippen LogP contribution >= 0.6 is 23.2 Å². The number of aromatic nitrogens is 2. The van der Waals surface area contributed by atoms with E-state index in [2.05, 4.69) is 10.3 Å². The summed E-state index contributed by atoms with van der Waals surface area (Å²) in [6.07, 6.45) is 3.74. The van der Waals surface area contributed by atoms with E-state index in [9.17, 15) is 4.79 Å². The number of benzene rings is 2. The lowest BCUT2D eigenvalue weighted by atomic mass is 10.1. The number of nitrogens with zero attached hydrogens (tertiary/aromatic N) is 2. The van der Waals surface area contributed by atoms with Crippen molar-refractivity contribution in [3.63, 3.8) is 0 Å². The number of amides is 1. The zero-order valence-electron chi connectivity index (χ0n) is 13.6. The molecule has 0 bridgehead atoms. The predicted molar refractivity (Wildman–Crippen MR) is 99.8 cm³/mol. The third kappa shape index (κ3) is 4.21. The van der Waals surface area contributed by atoms with Crippen molar-refractivity contribution in [2.24, 2.45) is 7.05 Å². The Labute approximate surface area is 156 Å². The second-order valence-corrected chi connectivity index (χ2v) is 6.56. The second kappa shape index (κ2) is 7.72. The zero-order chi connectivity index (χ0) is 17.8. The Morgan fingerprint density at radius 3 is 2.60 bits per heavy atom. The van der Waals surface area contributed by atoms with E-state index in [-0.39, 0.29) is 18.4 Å². The van der Waals surface area contributed by atoms with Crippen molar-refractivity contribution < 1.29 is 4.79 Å². The highest BCUT2D eigenvalue weighted by atomic mass is 35.5. The number of carbonyl (C=O) groups excluding carboxylic acids is 1. The number of nitrogens with one attached hydrogen (secondary N) is 1. The van der Waals surface area contributed by atoms with E-state index in [1.807, 2.05) is 48.1 Å². The van der Waals surface area contributed by atoms with Crippen LogP contribution in [0.3, 0.4) is 0 Å². The van der Waals surface area contributed by atoms with E-state index in [1.54, 1.807) is 24.4 Å². The van der Waals surface area contributed by atoms with Crippen molar-refractivity contribution in [3.8, 4) is 0 Å². The van der Waals surface area contributed by atoms with E-state index in [4.69, 9.17) is 23.2 Å². The maximum Gasteiger partial charge on any atom is 0.225 e. The predicted octanol–water partition coefficient (Wildman–Crippen LogP) is 4.18. The Morgan fingerprint density at radius 1 is 1.20 bits per heavy atom. The van der Waals surface area contributed by atoms with Crippen molar-refractivity contribution in [3.05, 3.63) is 87.9 Å². The van der Waals surface area contributed by atoms with Gasteiger partial charge in [-0.2, -0.15) is 0 Å². The fourth-order valence-electron chi connectivity index (χ4n) is 2.65. The van der Waals surface area contributed by atoms with Crippen molar-refractivity contribution in [2.45, 2.75) is 12.5 Å². The van der Waals surface area contributed by atoms with Gasteiger partial charge in [0.2, 0.25) is 5.91 Å². The van der Waals surface area contributed by atoms with Gasteiger partial charge in [-0.15, -0.1) is 0 Å². The van der Waals surface area contributed by atoms with Crippen LogP contribution in [0.1, 0.15) is 23.0 Å². The molecule has 1 heterocycles. The summed E-state index contributed by atoms with van der Waals surface area (Å²) >= 11 is 12.1. The Kier molecular flexibility index (Phi) is 5.41. The number of hydrogen-bond donors (Lipinski definition) is 1. The van der Waals surface area contributed by atoms with Crippen LogP contribution in [0.2, 0.25) is 10.0 Å². The Balaban J connectivity index is 1.83. The summed E-state index contributed by atoms with van der Waals surface area (Å²) in [4.78, 5) is 17.0. The fraction of sp³-hybridized carbons (Fsp3) is 0.158. The molecule has 1 amide bonds. The average Bonchev–Trinajstić information content (AvgIpc) is 3.02. The minimum Gasteiger partial charge on any atom is -0.342 e. The molecule has 0 saturated carbocycles. The fourth-order valence-corrected chi connectivity index (χ4v) is 3.12. The summed E-state index contributed by atoms with van der Waals surface area (Å²) in [5.74, 6) is 0.628. The summed E-state index contributed by atoms with van der Waals surface area (Å²) in [6, 6.07) is 14.5. The van der Waals surface area contributed by atoms with Gasteiger partial charge in [-0.3, -0.25) is 4.79 Å². The van der Waals surface area contributed by atoms with Crippen LogP contribution < -0.4 is 5.32 Å². The summed E-state index contributed by atoms with van der Waals surface area (Å²) in [6.45, 7) is 0. The molecule has 0 radical (unpaired) electrons. The van der Waals surface area contributed by atoms with Gasteiger partial charge < -0.3 is 9.88 Å². The third-order valence-corrected chi connectivity index (χ3v) is 4.51. The number of halogens is 2. The van der Waals surface area contributed by atoms with Crippen molar-refractivity contribution in [1.29, 1.82) is 0 Å². The third-order valence-electron chi connectivity index (χ3n) is 3.92. The molecule has 0 aliphatic carbocycles. The molecule has 0 spiro atoms. The van der Waals surface area contributed by atoms with E-state index in [0.717, 1.165) is 17.0 Å². The first kappa shape index (κ1) is 17.5. The summed E-state index contributed by atoms with van der Waals surface area (Å²) < 4.78 is 1.90. The molecule has 0 fully saturated rings.